The fraction of sp³-hybridized carbons (Fsp3) is 0.364. The molecule has 4 heteroatoms. The largest absolute Gasteiger partial charge is 0.461 e. The number of carbonyl (C=O) groups is 1. The molecule has 1 rings (SSSR count). The highest BCUT2D eigenvalue weighted by Gasteiger charge is 2.19. The van der Waals surface area contributed by atoms with Gasteiger partial charge in [-0.05, 0) is 31.5 Å². The number of esters is 1. The number of rotatable bonds is 3. The molecule has 0 spiro atoms. The Balaban J connectivity index is 2.76. The third-order valence-corrected chi connectivity index (χ3v) is 1.97. The minimum atomic E-state index is -1.27. The van der Waals surface area contributed by atoms with E-state index in [1.54, 1.807) is 32.0 Å². The van der Waals surface area contributed by atoms with Crippen molar-refractivity contribution in [3.8, 4) is 0 Å². The van der Waals surface area contributed by atoms with E-state index in [9.17, 15) is 9.90 Å². The minimum Gasteiger partial charge on any atom is -0.461 e. The van der Waals surface area contributed by atoms with E-state index in [2.05, 4.69) is 0 Å². The number of hydrogen-bond donors (Lipinski definition) is 1. The number of carbonyl (C=O) groups excluding carboxylic acids is 1. The van der Waals surface area contributed by atoms with Gasteiger partial charge in [0.15, 0.2) is 6.10 Å². The molecule has 15 heavy (non-hydrogen) atoms. The van der Waals surface area contributed by atoms with Crippen molar-refractivity contribution >= 4 is 17.6 Å². The second-order valence-electron chi connectivity index (χ2n) is 3.44. The van der Waals surface area contributed by atoms with Crippen LogP contribution in [0.1, 0.15) is 25.5 Å². The van der Waals surface area contributed by atoms with Crippen LogP contribution >= 0.6 is 11.6 Å². The summed E-state index contributed by atoms with van der Waals surface area (Å²) in [7, 11) is 0. The number of benzene rings is 1. The van der Waals surface area contributed by atoms with Gasteiger partial charge in [-0.15, -0.1) is 0 Å². The zero-order valence-electron chi connectivity index (χ0n) is 8.61. The van der Waals surface area contributed by atoms with Crippen LogP contribution in [0, 0.1) is 0 Å². The van der Waals surface area contributed by atoms with E-state index < -0.39 is 12.1 Å². The molecule has 0 aromatic heterocycles. The number of aliphatic hydroxyl groups excluding tert-OH is 1. The van der Waals surface area contributed by atoms with Gasteiger partial charge < -0.3 is 9.84 Å². The minimum absolute atomic E-state index is 0.244. The maximum absolute atomic E-state index is 11.3. The van der Waals surface area contributed by atoms with Crippen molar-refractivity contribution in [3.63, 3.8) is 0 Å². The van der Waals surface area contributed by atoms with Crippen molar-refractivity contribution in [2.45, 2.75) is 26.1 Å². The standard InChI is InChI=1S/C11H13ClO3/c1-7(2)15-11(14)10(13)8-4-3-5-9(12)6-8/h3-7,10,13H,1-2H3. The molecule has 0 fully saturated rings. The van der Waals surface area contributed by atoms with Crippen LogP contribution in [0.5, 0.6) is 0 Å². The zero-order chi connectivity index (χ0) is 11.4. The summed E-state index contributed by atoms with van der Waals surface area (Å²) in [4.78, 5) is 11.3. The third-order valence-electron chi connectivity index (χ3n) is 1.74. The fourth-order valence-corrected chi connectivity index (χ4v) is 1.31. The molecule has 1 unspecified atom stereocenters. The molecular weight excluding hydrogens is 216 g/mol. The molecule has 1 aromatic carbocycles. The summed E-state index contributed by atoms with van der Waals surface area (Å²) >= 11 is 5.74. The molecular formula is C11H13ClO3. The van der Waals surface area contributed by atoms with Crippen LogP contribution in [0.4, 0.5) is 0 Å². The Morgan fingerprint density at radius 1 is 1.47 bits per heavy atom. The smallest absolute Gasteiger partial charge is 0.339 e. The van der Waals surface area contributed by atoms with Crippen molar-refractivity contribution < 1.29 is 14.6 Å². The van der Waals surface area contributed by atoms with Gasteiger partial charge in [-0.3, -0.25) is 0 Å². The first-order chi connectivity index (χ1) is 7.00. The highest BCUT2D eigenvalue weighted by molar-refractivity contribution is 6.30. The molecule has 0 amide bonds. The van der Waals surface area contributed by atoms with Gasteiger partial charge in [0, 0.05) is 5.02 Å². The Kier molecular flexibility index (Phi) is 4.12. The van der Waals surface area contributed by atoms with Crippen molar-refractivity contribution in [3.05, 3.63) is 34.9 Å². The lowest BCUT2D eigenvalue weighted by Gasteiger charge is -2.13. The summed E-state index contributed by atoms with van der Waals surface area (Å²) in [6.07, 6.45) is -1.52. The van der Waals surface area contributed by atoms with Crippen molar-refractivity contribution in [1.82, 2.24) is 0 Å². The van der Waals surface area contributed by atoms with Crippen molar-refractivity contribution in [2.24, 2.45) is 0 Å². The van der Waals surface area contributed by atoms with Crippen molar-refractivity contribution in [2.75, 3.05) is 0 Å². The molecule has 1 aromatic rings. The number of hydrogen-bond acceptors (Lipinski definition) is 3. The van der Waals surface area contributed by atoms with Crippen LogP contribution in [0.2, 0.25) is 5.02 Å². The molecule has 0 aliphatic carbocycles. The molecule has 0 saturated heterocycles. The van der Waals surface area contributed by atoms with Crippen LogP contribution in [-0.4, -0.2) is 17.2 Å². The number of ether oxygens (including phenoxy) is 1. The van der Waals surface area contributed by atoms with E-state index in [-0.39, 0.29) is 6.10 Å². The SMILES string of the molecule is CC(C)OC(=O)C(O)c1cccc(Cl)c1. The van der Waals surface area contributed by atoms with Gasteiger partial charge in [0.05, 0.1) is 6.10 Å². The van der Waals surface area contributed by atoms with Crippen molar-refractivity contribution in [1.29, 1.82) is 0 Å². The van der Waals surface area contributed by atoms with Gasteiger partial charge in [-0.25, -0.2) is 4.79 Å². The highest BCUT2D eigenvalue weighted by atomic mass is 35.5. The molecule has 82 valence electrons. The molecule has 0 aliphatic heterocycles. The predicted molar refractivity (Wildman–Crippen MR) is 57.6 cm³/mol. The van der Waals surface area contributed by atoms with E-state index in [1.165, 1.54) is 6.07 Å². The lowest BCUT2D eigenvalue weighted by Crippen LogP contribution is -2.19. The van der Waals surface area contributed by atoms with Gasteiger partial charge in [-0.1, -0.05) is 23.7 Å². The molecule has 3 nitrogen and oxygen atoms in total. The molecule has 0 radical (unpaired) electrons. The second-order valence-corrected chi connectivity index (χ2v) is 3.88. The average Bonchev–Trinajstić information content (AvgIpc) is 2.15. The van der Waals surface area contributed by atoms with Crippen LogP contribution in [-0.2, 0) is 9.53 Å². The molecule has 0 saturated carbocycles. The second kappa shape index (κ2) is 5.14. The third kappa shape index (κ3) is 3.53. The molecule has 0 bridgehead atoms. The van der Waals surface area contributed by atoms with Crippen LogP contribution < -0.4 is 0 Å². The van der Waals surface area contributed by atoms with Crippen LogP contribution in [0.15, 0.2) is 24.3 Å². The Bertz CT molecular complexity index is 349. The van der Waals surface area contributed by atoms with Gasteiger partial charge >= 0.3 is 5.97 Å². The Labute approximate surface area is 93.6 Å². The summed E-state index contributed by atoms with van der Waals surface area (Å²) in [6.45, 7) is 3.45. The maximum Gasteiger partial charge on any atom is 0.339 e. The summed E-state index contributed by atoms with van der Waals surface area (Å²) in [5, 5.41) is 10.1. The maximum atomic E-state index is 11.3. The van der Waals surface area contributed by atoms with Crippen LogP contribution in [0.3, 0.4) is 0 Å². The van der Waals surface area contributed by atoms with Gasteiger partial charge in [0.1, 0.15) is 0 Å². The first-order valence-electron chi connectivity index (χ1n) is 4.64. The van der Waals surface area contributed by atoms with Crippen LogP contribution in [0.25, 0.3) is 0 Å². The molecule has 0 heterocycles. The molecule has 0 aliphatic rings. The Morgan fingerprint density at radius 2 is 2.13 bits per heavy atom. The lowest BCUT2D eigenvalue weighted by molar-refractivity contribution is -0.157. The number of halogens is 1. The normalized spacial score (nSPS) is 12.6. The van der Waals surface area contributed by atoms with E-state index in [4.69, 9.17) is 16.3 Å². The van der Waals surface area contributed by atoms with E-state index >= 15 is 0 Å². The topological polar surface area (TPSA) is 46.5 Å². The fourth-order valence-electron chi connectivity index (χ4n) is 1.11. The first kappa shape index (κ1) is 12.0. The average molecular weight is 229 g/mol. The monoisotopic (exact) mass is 228 g/mol. The first-order valence-corrected chi connectivity index (χ1v) is 5.02. The van der Waals surface area contributed by atoms with E-state index in [1.807, 2.05) is 0 Å². The molecule has 1 atom stereocenters. The van der Waals surface area contributed by atoms with E-state index in [0.717, 1.165) is 0 Å². The highest BCUT2D eigenvalue weighted by Crippen LogP contribution is 2.19. The predicted octanol–water partition coefficient (Wildman–Crippen LogP) is 2.33. The summed E-state index contributed by atoms with van der Waals surface area (Å²) in [5.74, 6) is -0.660. The molecule has 1 N–H and O–H groups in total. The summed E-state index contributed by atoms with van der Waals surface area (Å²) in [6, 6.07) is 6.50. The van der Waals surface area contributed by atoms with Gasteiger partial charge in [0.2, 0.25) is 0 Å². The lowest BCUT2D eigenvalue weighted by atomic mass is 10.1. The Hall–Kier alpha value is -1.06. The summed E-state index contributed by atoms with van der Waals surface area (Å²) in [5.41, 5.74) is 0.438. The number of aliphatic hydroxyl groups is 1. The van der Waals surface area contributed by atoms with E-state index in [0.29, 0.717) is 10.6 Å². The quantitative estimate of drug-likeness (QED) is 0.808. The zero-order valence-corrected chi connectivity index (χ0v) is 9.36. The Morgan fingerprint density at radius 3 is 2.67 bits per heavy atom. The summed E-state index contributed by atoms with van der Waals surface area (Å²) < 4.78 is 4.87. The van der Waals surface area contributed by atoms with Gasteiger partial charge in [0.25, 0.3) is 0 Å². The van der Waals surface area contributed by atoms with Gasteiger partial charge in [-0.2, -0.15) is 0 Å².